The molecule has 35 heavy (non-hydrogen) atoms. The molecule has 1 amide bonds. The molecule has 8 nitrogen and oxygen atoms in total. The van der Waals surface area contributed by atoms with Gasteiger partial charge in [0, 0.05) is 31.6 Å². The van der Waals surface area contributed by atoms with Gasteiger partial charge in [0.25, 0.3) is 0 Å². The van der Waals surface area contributed by atoms with E-state index in [1.165, 1.54) is 0 Å². The van der Waals surface area contributed by atoms with Gasteiger partial charge in [0.2, 0.25) is 0 Å². The third-order valence-corrected chi connectivity index (χ3v) is 5.97. The molecule has 0 aliphatic carbocycles. The molecule has 0 aromatic heterocycles. The van der Waals surface area contributed by atoms with E-state index in [1.54, 1.807) is 0 Å². The van der Waals surface area contributed by atoms with Crippen molar-refractivity contribution in [3.05, 3.63) is 65.7 Å². The summed E-state index contributed by atoms with van der Waals surface area (Å²) < 4.78 is 11.5. The monoisotopic (exact) mass is 483 g/mol. The van der Waals surface area contributed by atoms with E-state index in [0.29, 0.717) is 12.1 Å². The predicted molar refractivity (Wildman–Crippen MR) is 134 cm³/mol. The van der Waals surface area contributed by atoms with Gasteiger partial charge >= 0.3 is 12.1 Å². The molecule has 1 aliphatic heterocycles. The van der Waals surface area contributed by atoms with Gasteiger partial charge in [0.05, 0.1) is 0 Å². The van der Waals surface area contributed by atoms with Gasteiger partial charge in [-0.05, 0) is 43.5 Å². The Morgan fingerprint density at radius 1 is 1.06 bits per heavy atom. The van der Waals surface area contributed by atoms with Gasteiger partial charge in [0.1, 0.15) is 18.4 Å². The topological polar surface area (TPSA) is 100 Å². The zero-order valence-electron chi connectivity index (χ0n) is 20.8. The number of rotatable bonds is 11. The van der Waals surface area contributed by atoms with E-state index in [-0.39, 0.29) is 19.3 Å². The molecule has 4 atom stereocenters. The molecule has 0 radical (unpaired) electrons. The molecular formula is C27H37N3O5. The Hall–Kier alpha value is -3.10. The molecule has 0 saturated carbocycles. The Morgan fingerprint density at radius 3 is 2.31 bits per heavy atom. The molecule has 1 aliphatic rings. The number of alkyl carbamates (subject to hydrolysis) is 1. The van der Waals surface area contributed by atoms with Gasteiger partial charge in [-0.2, -0.15) is 0 Å². The first-order chi connectivity index (χ1) is 16.8. The van der Waals surface area contributed by atoms with Crippen LogP contribution < -0.4 is 15.4 Å². The lowest BCUT2D eigenvalue weighted by atomic mass is 10.1. The highest BCUT2D eigenvalue weighted by Crippen LogP contribution is 2.20. The van der Waals surface area contributed by atoms with Crippen LogP contribution in [-0.4, -0.2) is 59.5 Å². The molecule has 1 heterocycles. The van der Waals surface area contributed by atoms with Gasteiger partial charge in [-0.25, -0.2) is 9.59 Å². The van der Waals surface area contributed by atoms with E-state index in [2.05, 4.69) is 36.3 Å². The number of hydrogen-bond acceptors (Lipinski definition) is 6. The number of nitrogens with zero attached hydrogens (tertiary/aromatic N) is 1. The van der Waals surface area contributed by atoms with Crippen LogP contribution in [0.5, 0.6) is 5.75 Å². The van der Waals surface area contributed by atoms with Crippen molar-refractivity contribution < 1.29 is 24.2 Å². The van der Waals surface area contributed by atoms with Crippen molar-refractivity contribution in [3.63, 3.8) is 0 Å². The quantitative estimate of drug-likeness (QED) is 0.447. The average molecular weight is 484 g/mol. The molecule has 4 unspecified atom stereocenters. The number of ether oxygens (including phenoxy) is 2. The lowest BCUT2D eigenvalue weighted by molar-refractivity contribution is -0.139. The van der Waals surface area contributed by atoms with Crippen LogP contribution in [0.2, 0.25) is 0 Å². The lowest BCUT2D eigenvalue weighted by Gasteiger charge is -2.40. The number of carboxylic acids is 1. The molecule has 2 aromatic carbocycles. The van der Waals surface area contributed by atoms with Crippen LogP contribution in [0.25, 0.3) is 0 Å². The smallest absolute Gasteiger partial charge is 0.408 e. The first-order valence-electron chi connectivity index (χ1n) is 12.3. The number of aliphatic carboxylic acids is 1. The first-order valence-corrected chi connectivity index (χ1v) is 12.3. The number of carbonyl (C=O) groups excluding carboxylic acids is 1. The van der Waals surface area contributed by atoms with Crippen molar-refractivity contribution >= 4 is 12.1 Å². The predicted octanol–water partition coefficient (Wildman–Crippen LogP) is 3.80. The summed E-state index contributed by atoms with van der Waals surface area (Å²) in [7, 11) is 0. The molecule has 1 saturated heterocycles. The Kier molecular flexibility index (Phi) is 9.93. The average Bonchev–Trinajstić information content (AvgIpc) is 2.83. The standard InChI is InChI=1S/C27H37N3O5/c1-4-8-25(30-16-19(2)28-20(3)17-30)35-23-13-11-21(12-14-23)15-24(26(31)32)29-27(33)34-18-22-9-6-5-7-10-22/h5-7,9-14,19-20,24-25,28H,4,8,15-18H2,1-3H3,(H,29,33)(H,31,32). The molecule has 190 valence electrons. The van der Waals surface area contributed by atoms with Crippen molar-refractivity contribution in [2.24, 2.45) is 0 Å². The normalized spacial score (nSPS) is 20.0. The summed E-state index contributed by atoms with van der Waals surface area (Å²) in [5, 5.41) is 15.6. The van der Waals surface area contributed by atoms with Crippen molar-refractivity contribution in [1.29, 1.82) is 0 Å². The minimum atomic E-state index is -1.12. The highest BCUT2D eigenvalue weighted by molar-refractivity contribution is 5.80. The number of amides is 1. The fourth-order valence-electron chi connectivity index (χ4n) is 4.37. The molecular weight excluding hydrogens is 446 g/mol. The molecule has 3 N–H and O–H groups in total. The number of carbonyl (C=O) groups is 2. The summed E-state index contributed by atoms with van der Waals surface area (Å²) in [5.74, 6) is -0.375. The summed E-state index contributed by atoms with van der Waals surface area (Å²) in [4.78, 5) is 26.2. The Morgan fingerprint density at radius 2 is 1.71 bits per heavy atom. The van der Waals surface area contributed by atoms with Crippen molar-refractivity contribution in [2.75, 3.05) is 13.1 Å². The van der Waals surface area contributed by atoms with Crippen LogP contribution in [0.3, 0.4) is 0 Å². The number of piperazine rings is 1. The number of nitrogens with one attached hydrogen (secondary N) is 2. The second-order valence-corrected chi connectivity index (χ2v) is 9.23. The Bertz CT molecular complexity index is 928. The minimum absolute atomic E-state index is 0.00864. The summed E-state index contributed by atoms with van der Waals surface area (Å²) in [6, 6.07) is 16.4. The molecule has 3 rings (SSSR count). The van der Waals surface area contributed by atoms with Crippen molar-refractivity contribution in [1.82, 2.24) is 15.5 Å². The Balaban J connectivity index is 1.55. The Labute approximate surface area is 207 Å². The van der Waals surface area contributed by atoms with Gasteiger partial charge < -0.3 is 25.2 Å². The van der Waals surface area contributed by atoms with Gasteiger partial charge in [-0.3, -0.25) is 4.90 Å². The van der Waals surface area contributed by atoms with E-state index in [9.17, 15) is 14.7 Å². The zero-order valence-corrected chi connectivity index (χ0v) is 20.8. The van der Waals surface area contributed by atoms with Crippen molar-refractivity contribution in [3.8, 4) is 5.75 Å². The van der Waals surface area contributed by atoms with Crippen LogP contribution in [0.15, 0.2) is 54.6 Å². The second-order valence-electron chi connectivity index (χ2n) is 9.23. The van der Waals surface area contributed by atoms with Crippen LogP contribution >= 0.6 is 0 Å². The fraction of sp³-hybridized carbons (Fsp3) is 0.481. The second kappa shape index (κ2) is 13.1. The first kappa shape index (κ1) is 26.5. The molecule has 2 aromatic rings. The fourth-order valence-corrected chi connectivity index (χ4v) is 4.37. The highest BCUT2D eigenvalue weighted by atomic mass is 16.5. The van der Waals surface area contributed by atoms with E-state index in [1.807, 2.05) is 54.6 Å². The van der Waals surface area contributed by atoms with Crippen LogP contribution in [0, 0.1) is 0 Å². The summed E-state index contributed by atoms with van der Waals surface area (Å²) in [6.07, 6.45) is 1.31. The van der Waals surface area contributed by atoms with Crippen molar-refractivity contribution in [2.45, 2.75) is 71.0 Å². The third-order valence-electron chi connectivity index (χ3n) is 5.97. The van der Waals surface area contributed by atoms with Gasteiger partial charge in [-0.1, -0.05) is 55.8 Å². The van der Waals surface area contributed by atoms with Crippen LogP contribution in [0.1, 0.15) is 44.7 Å². The maximum Gasteiger partial charge on any atom is 0.408 e. The SMILES string of the molecule is CCCC(Oc1ccc(CC(NC(=O)OCc2ccccc2)C(=O)O)cc1)N1CC(C)NC(C)C1. The molecule has 0 bridgehead atoms. The van der Waals surface area contributed by atoms with E-state index in [4.69, 9.17) is 9.47 Å². The largest absolute Gasteiger partial charge is 0.480 e. The lowest BCUT2D eigenvalue weighted by Crippen LogP contribution is -2.58. The maximum absolute atomic E-state index is 12.1. The number of carboxylic acid groups (broad SMARTS) is 1. The minimum Gasteiger partial charge on any atom is -0.480 e. The summed E-state index contributed by atoms with van der Waals surface area (Å²) >= 11 is 0. The number of hydrogen-bond donors (Lipinski definition) is 3. The third kappa shape index (κ3) is 8.56. The molecule has 0 spiro atoms. The van der Waals surface area contributed by atoms with Gasteiger partial charge in [0.15, 0.2) is 6.23 Å². The van der Waals surface area contributed by atoms with E-state index < -0.39 is 18.1 Å². The number of benzene rings is 2. The summed E-state index contributed by atoms with van der Waals surface area (Å²) in [6.45, 7) is 8.46. The molecule has 1 fully saturated rings. The van der Waals surface area contributed by atoms with E-state index in [0.717, 1.165) is 42.8 Å². The van der Waals surface area contributed by atoms with E-state index >= 15 is 0 Å². The highest BCUT2D eigenvalue weighted by Gasteiger charge is 2.28. The summed E-state index contributed by atoms with van der Waals surface area (Å²) in [5.41, 5.74) is 1.61. The zero-order chi connectivity index (χ0) is 25.2. The maximum atomic E-state index is 12.1. The van der Waals surface area contributed by atoms with Crippen LogP contribution in [-0.2, 0) is 22.6 Å². The van der Waals surface area contributed by atoms with Gasteiger partial charge in [-0.15, -0.1) is 0 Å². The molecule has 8 heteroatoms. The van der Waals surface area contributed by atoms with Crippen LogP contribution in [0.4, 0.5) is 4.79 Å².